The van der Waals surface area contributed by atoms with Gasteiger partial charge in [0.1, 0.15) is 0 Å². The van der Waals surface area contributed by atoms with Crippen molar-refractivity contribution in [2.75, 3.05) is 5.32 Å². The molecule has 0 saturated heterocycles. The molecule has 3 heterocycles. The number of hydrogen-bond acceptors (Lipinski definition) is 5. The van der Waals surface area contributed by atoms with Gasteiger partial charge in [-0.05, 0) is 24.3 Å². The number of carbonyl (C=O) groups excluding carboxylic acids is 1. The number of fused-ring (bicyclic) bond motifs is 2. The Morgan fingerprint density at radius 1 is 1.08 bits per heavy atom. The molecule has 3 aromatic heterocycles. The lowest BCUT2D eigenvalue weighted by atomic mass is 10.1. The van der Waals surface area contributed by atoms with Crippen LogP contribution < -0.4 is 5.32 Å². The summed E-state index contributed by atoms with van der Waals surface area (Å²) in [5, 5.41) is 5.39. The van der Waals surface area contributed by atoms with Gasteiger partial charge >= 0.3 is 0 Å². The standard InChI is InChI=1S/C19H12N4OS2/c24-17(18-21-14-6-1-2-7-16(14)26-18)20-13-5-3-4-12(10-13)15-11-23-8-9-25-19(23)22-15/h1-11H,(H,20,24). The zero-order valence-corrected chi connectivity index (χ0v) is 15.1. The van der Waals surface area contributed by atoms with Crippen LogP contribution in [0.15, 0.2) is 66.3 Å². The molecule has 1 amide bonds. The normalized spacial score (nSPS) is 11.2. The average Bonchev–Trinajstić information content (AvgIpc) is 3.35. The van der Waals surface area contributed by atoms with Crippen LogP contribution in [0.5, 0.6) is 0 Å². The van der Waals surface area contributed by atoms with Gasteiger partial charge in [-0.15, -0.1) is 22.7 Å². The number of benzene rings is 2. The highest BCUT2D eigenvalue weighted by Gasteiger charge is 2.13. The van der Waals surface area contributed by atoms with Crippen molar-refractivity contribution in [1.29, 1.82) is 0 Å². The van der Waals surface area contributed by atoms with Crippen LogP contribution in [0.1, 0.15) is 9.80 Å². The van der Waals surface area contributed by atoms with Gasteiger partial charge < -0.3 is 5.32 Å². The van der Waals surface area contributed by atoms with Crippen LogP contribution in [-0.2, 0) is 0 Å². The van der Waals surface area contributed by atoms with Crippen molar-refractivity contribution >= 4 is 49.4 Å². The Morgan fingerprint density at radius 2 is 2.00 bits per heavy atom. The third kappa shape index (κ3) is 2.67. The molecule has 0 spiro atoms. The third-order valence-electron chi connectivity index (χ3n) is 4.00. The number of nitrogens with zero attached hydrogens (tertiary/aromatic N) is 3. The summed E-state index contributed by atoms with van der Waals surface area (Å²) in [4.78, 5) is 22.5. The molecule has 5 aromatic rings. The lowest BCUT2D eigenvalue weighted by Crippen LogP contribution is -2.11. The molecule has 0 atom stereocenters. The van der Waals surface area contributed by atoms with Crippen LogP contribution in [0, 0.1) is 0 Å². The fraction of sp³-hybridized carbons (Fsp3) is 0. The Kier molecular flexibility index (Phi) is 3.55. The summed E-state index contributed by atoms with van der Waals surface area (Å²) in [6, 6.07) is 15.4. The Bertz CT molecular complexity index is 1190. The van der Waals surface area contributed by atoms with Gasteiger partial charge in [-0.2, -0.15) is 0 Å². The predicted octanol–water partition coefficient (Wildman–Crippen LogP) is 4.92. The summed E-state index contributed by atoms with van der Waals surface area (Å²) in [6.45, 7) is 0. The van der Waals surface area contributed by atoms with E-state index in [-0.39, 0.29) is 5.91 Å². The number of aromatic nitrogens is 3. The third-order valence-corrected chi connectivity index (χ3v) is 5.80. The summed E-state index contributed by atoms with van der Waals surface area (Å²) in [5.41, 5.74) is 3.41. The van der Waals surface area contributed by atoms with E-state index in [1.165, 1.54) is 11.3 Å². The van der Waals surface area contributed by atoms with Crippen molar-refractivity contribution in [1.82, 2.24) is 14.4 Å². The molecule has 0 unspecified atom stereocenters. The van der Waals surface area contributed by atoms with E-state index in [2.05, 4.69) is 15.3 Å². The fourth-order valence-corrected chi connectivity index (χ4v) is 4.34. The zero-order valence-electron chi connectivity index (χ0n) is 13.4. The van der Waals surface area contributed by atoms with Gasteiger partial charge in [0.2, 0.25) is 0 Å². The topological polar surface area (TPSA) is 59.3 Å². The van der Waals surface area contributed by atoms with Gasteiger partial charge in [0.25, 0.3) is 5.91 Å². The molecule has 5 rings (SSSR count). The maximum absolute atomic E-state index is 12.5. The highest BCUT2D eigenvalue weighted by molar-refractivity contribution is 7.20. The molecule has 0 aliphatic carbocycles. The first-order valence-electron chi connectivity index (χ1n) is 7.96. The second kappa shape index (κ2) is 6.05. The van der Waals surface area contributed by atoms with E-state index in [0.717, 1.165) is 32.1 Å². The van der Waals surface area contributed by atoms with Crippen molar-refractivity contribution in [2.24, 2.45) is 0 Å². The van der Waals surface area contributed by atoms with Crippen molar-refractivity contribution in [3.05, 3.63) is 71.3 Å². The molecule has 26 heavy (non-hydrogen) atoms. The molecule has 0 fully saturated rings. The molecule has 5 nitrogen and oxygen atoms in total. The number of imidazole rings is 1. The average molecular weight is 376 g/mol. The maximum Gasteiger partial charge on any atom is 0.284 e. The molecular formula is C19H12N4OS2. The van der Waals surface area contributed by atoms with Crippen LogP contribution in [0.25, 0.3) is 26.4 Å². The largest absolute Gasteiger partial charge is 0.320 e. The minimum Gasteiger partial charge on any atom is -0.320 e. The minimum atomic E-state index is -0.200. The highest BCUT2D eigenvalue weighted by Crippen LogP contribution is 2.26. The Morgan fingerprint density at radius 3 is 2.88 bits per heavy atom. The van der Waals surface area contributed by atoms with E-state index < -0.39 is 0 Å². The number of rotatable bonds is 3. The molecule has 2 aromatic carbocycles. The van der Waals surface area contributed by atoms with E-state index in [0.29, 0.717) is 5.01 Å². The number of amides is 1. The summed E-state index contributed by atoms with van der Waals surface area (Å²) in [6.07, 6.45) is 3.97. The maximum atomic E-state index is 12.5. The molecule has 1 N–H and O–H groups in total. The second-order valence-corrected chi connectivity index (χ2v) is 7.64. The molecular weight excluding hydrogens is 364 g/mol. The van der Waals surface area contributed by atoms with Crippen LogP contribution in [0.4, 0.5) is 5.69 Å². The Labute approximate surface area is 156 Å². The SMILES string of the molecule is O=C(Nc1cccc(-c2cn3ccsc3n2)c1)c1nc2ccccc2s1. The first-order valence-corrected chi connectivity index (χ1v) is 9.65. The van der Waals surface area contributed by atoms with Crippen LogP contribution >= 0.6 is 22.7 Å². The molecule has 7 heteroatoms. The summed E-state index contributed by atoms with van der Waals surface area (Å²) in [5.74, 6) is -0.200. The van der Waals surface area contributed by atoms with E-state index in [9.17, 15) is 4.79 Å². The highest BCUT2D eigenvalue weighted by atomic mass is 32.1. The van der Waals surface area contributed by atoms with Crippen LogP contribution in [0.3, 0.4) is 0 Å². The van der Waals surface area contributed by atoms with Gasteiger partial charge in [0.05, 0.1) is 15.9 Å². The summed E-state index contributed by atoms with van der Waals surface area (Å²) in [7, 11) is 0. The first-order chi connectivity index (χ1) is 12.8. The van der Waals surface area contributed by atoms with E-state index in [1.807, 2.05) is 70.7 Å². The van der Waals surface area contributed by atoms with Crippen LogP contribution in [-0.4, -0.2) is 20.3 Å². The molecule has 0 bridgehead atoms. The fourth-order valence-electron chi connectivity index (χ4n) is 2.78. The zero-order chi connectivity index (χ0) is 17.5. The first kappa shape index (κ1) is 15.2. The van der Waals surface area contributed by atoms with Crippen molar-refractivity contribution in [3.63, 3.8) is 0 Å². The Hall–Kier alpha value is -3.03. The van der Waals surface area contributed by atoms with Gasteiger partial charge in [-0.25, -0.2) is 9.97 Å². The van der Waals surface area contributed by atoms with E-state index in [4.69, 9.17) is 0 Å². The molecule has 126 valence electrons. The monoisotopic (exact) mass is 376 g/mol. The molecule has 0 aliphatic rings. The lowest BCUT2D eigenvalue weighted by molar-refractivity contribution is 0.102. The number of anilines is 1. The van der Waals surface area contributed by atoms with Crippen LogP contribution in [0.2, 0.25) is 0 Å². The predicted molar refractivity (Wildman–Crippen MR) is 106 cm³/mol. The van der Waals surface area contributed by atoms with E-state index in [1.54, 1.807) is 11.3 Å². The molecule has 0 aliphatic heterocycles. The number of para-hydroxylation sites is 1. The van der Waals surface area contributed by atoms with Crippen molar-refractivity contribution in [2.45, 2.75) is 0 Å². The van der Waals surface area contributed by atoms with Crippen molar-refractivity contribution < 1.29 is 4.79 Å². The number of thiazole rings is 2. The minimum absolute atomic E-state index is 0.200. The van der Waals surface area contributed by atoms with Gasteiger partial charge in [0.15, 0.2) is 9.97 Å². The molecule has 0 saturated carbocycles. The summed E-state index contributed by atoms with van der Waals surface area (Å²) < 4.78 is 3.00. The van der Waals surface area contributed by atoms with Gasteiger partial charge in [-0.1, -0.05) is 24.3 Å². The second-order valence-electron chi connectivity index (χ2n) is 5.74. The number of hydrogen-bond donors (Lipinski definition) is 1. The van der Waals surface area contributed by atoms with Gasteiger partial charge in [-0.3, -0.25) is 9.20 Å². The van der Waals surface area contributed by atoms with E-state index >= 15 is 0 Å². The quantitative estimate of drug-likeness (QED) is 0.486. The van der Waals surface area contributed by atoms with Gasteiger partial charge in [0, 0.05) is 29.0 Å². The van der Waals surface area contributed by atoms with Crippen molar-refractivity contribution in [3.8, 4) is 11.3 Å². The lowest BCUT2D eigenvalue weighted by Gasteiger charge is -2.04. The smallest absolute Gasteiger partial charge is 0.284 e. The summed E-state index contributed by atoms with van der Waals surface area (Å²) >= 11 is 2.98. The molecule has 0 radical (unpaired) electrons. The number of carbonyl (C=O) groups is 1. The Balaban J connectivity index is 1.43. The number of nitrogens with one attached hydrogen (secondary N) is 1.